The van der Waals surface area contributed by atoms with Gasteiger partial charge < -0.3 is 9.13 Å². The highest BCUT2D eigenvalue weighted by Crippen LogP contribution is 2.42. The molecule has 0 atom stereocenters. The first-order chi connectivity index (χ1) is 25.6. The van der Waals surface area contributed by atoms with Crippen LogP contribution in [0.25, 0.3) is 88.4 Å². The van der Waals surface area contributed by atoms with Crippen LogP contribution >= 0.6 is 23.2 Å². The van der Waals surface area contributed by atoms with E-state index < -0.39 is 0 Å². The van der Waals surface area contributed by atoms with Gasteiger partial charge in [-0.2, -0.15) is 0 Å². The van der Waals surface area contributed by atoms with E-state index in [0.717, 1.165) is 76.2 Å². The molecule has 10 rings (SSSR count). The largest absolute Gasteiger partial charge is 0.309 e. The Labute approximate surface area is 311 Å². The van der Waals surface area contributed by atoms with Gasteiger partial charge in [0, 0.05) is 32.9 Å². The second-order valence-corrected chi connectivity index (χ2v) is 14.0. The molecule has 0 saturated heterocycles. The average Bonchev–Trinajstić information content (AvgIpc) is 3.72. The maximum absolute atomic E-state index is 7.00. The molecule has 0 fully saturated rings. The van der Waals surface area contributed by atoms with E-state index in [-0.39, 0.29) is 0 Å². The number of halogens is 2. The minimum absolute atomic E-state index is 0.737. The number of rotatable bonds is 5. The third-order valence-electron chi connectivity index (χ3n) is 10.3. The molecule has 0 bridgehead atoms. The van der Waals surface area contributed by atoms with Crippen LogP contribution in [0.15, 0.2) is 182 Å². The Morgan fingerprint density at radius 3 is 1.27 bits per heavy atom. The zero-order valence-corrected chi connectivity index (χ0v) is 29.5. The van der Waals surface area contributed by atoms with E-state index in [1.807, 2.05) is 30.3 Å². The minimum Gasteiger partial charge on any atom is -0.309 e. The Morgan fingerprint density at radius 2 is 0.712 bits per heavy atom. The van der Waals surface area contributed by atoms with E-state index in [1.165, 1.54) is 22.3 Å². The molecule has 10 aromatic rings. The van der Waals surface area contributed by atoms with Gasteiger partial charge in [0.2, 0.25) is 0 Å². The van der Waals surface area contributed by atoms with Crippen molar-refractivity contribution < 1.29 is 0 Å². The summed E-state index contributed by atoms with van der Waals surface area (Å²) < 4.78 is 4.64. The molecule has 52 heavy (non-hydrogen) atoms. The molecule has 0 amide bonds. The molecule has 0 saturated carbocycles. The van der Waals surface area contributed by atoms with Crippen molar-refractivity contribution in [1.29, 1.82) is 0 Å². The Kier molecular flexibility index (Phi) is 7.28. The molecule has 4 heteroatoms. The molecule has 0 aliphatic carbocycles. The van der Waals surface area contributed by atoms with Gasteiger partial charge in [-0.15, -0.1) is 0 Å². The summed E-state index contributed by atoms with van der Waals surface area (Å²) in [5, 5.41) is 5.80. The second-order valence-electron chi connectivity index (χ2n) is 13.2. The lowest BCUT2D eigenvalue weighted by atomic mass is 10.0. The van der Waals surface area contributed by atoms with Gasteiger partial charge in [0.1, 0.15) is 0 Å². The second kappa shape index (κ2) is 12.3. The van der Waals surface area contributed by atoms with Crippen LogP contribution in [0.1, 0.15) is 0 Å². The highest BCUT2D eigenvalue weighted by Gasteiger charge is 2.19. The number of fused-ring (bicyclic) bond motifs is 6. The summed E-state index contributed by atoms with van der Waals surface area (Å²) in [5.74, 6) is 0. The summed E-state index contributed by atoms with van der Waals surface area (Å²) in [4.78, 5) is 0. The molecule has 2 aromatic heterocycles. The molecule has 246 valence electrons. The maximum atomic E-state index is 7.00. The van der Waals surface area contributed by atoms with E-state index >= 15 is 0 Å². The number of hydrogen-bond donors (Lipinski definition) is 0. The van der Waals surface area contributed by atoms with Gasteiger partial charge in [0.05, 0.1) is 32.1 Å². The van der Waals surface area contributed by atoms with Gasteiger partial charge >= 0.3 is 0 Å². The van der Waals surface area contributed by atoms with Crippen molar-refractivity contribution in [1.82, 2.24) is 9.13 Å². The predicted molar refractivity (Wildman–Crippen MR) is 221 cm³/mol. The smallest absolute Gasteiger partial charge is 0.0556 e. The zero-order valence-electron chi connectivity index (χ0n) is 28.0. The topological polar surface area (TPSA) is 9.86 Å². The Morgan fingerprint density at radius 1 is 0.288 bits per heavy atom. The molecule has 0 aliphatic rings. The first kappa shape index (κ1) is 30.7. The van der Waals surface area contributed by atoms with Gasteiger partial charge in [-0.05, 0) is 106 Å². The molecule has 0 spiro atoms. The normalized spacial score (nSPS) is 11.7. The zero-order chi connectivity index (χ0) is 34.8. The van der Waals surface area contributed by atoms with Crippen LogP contribution in [0.4, 0.5) is 0 Å². The predicted octanol–water partition coefficient (Wildman–Crippen LogP) is 14.2. The van der Waals surface area contributed by atoms with Gasteiger partial charge in [0.15, 0.2) is 0 Å². The summed E-state index contributed by atoms with van der Waals surface area (Å²) in [6, 6.07) is 64.3. The van der Waals surface area contributed by atoms with Crippen molar-refractivity contribution in [3.63, 3.8) is 0 Å². The third kappa shape index (κ3) is 4.95. The molecule has 0 radical (unpaired) electrons. The summed E-state index contributed by atoms with van der Waals surface area (Å²) in [7, 11) is 0. The number of hydrogen-bond acceptors (Lipinski definition) is 0. The van der Waals surface area contributed by atoms with Crippen molar-refractivity contribution >= 4 is 66.8 Å². The van der Waals surface area contributed by atoms with Crippen molar-refractivity contribution in [3.05, 3.63) is 192 Å². The fourth-order valence-electron chi connectivity index (χ4n) is 7.86. The van der Waals surface area contributed by atoms with E-state index in [2.05, 4.69) is 161 Å². The van der Waals surface area contributed by atoms with Crippen LogP contribution in [0, 0.1) is 0 Å². The van der Waals surface area contributed by atoms with Crippen LogP contribution < -0.4 is 0 Å². The van der Waals surface area contributed by atoms with Gasteiger partial charge in [0.25, 0.3) is 0 Å². The molecule has 0 N–H and O–H groups in total. The van der Waals surface area contributed by atoms with Crippen molar-refractivity contribution in [2.75, 3.05) is 0 Å². The highest BCUT2D eigenvalue weighted by molar-refractivity contribution is 6.39. The molecule has 0 unspecified atom stereocenters. The van der Waals surface area contributed by atoms with Gasteiger partial charge in [-0.25, -0.2) is 0 Å². The summed E-state index contributed by atoms with van der Waals surface area (Å²) >= 11 is 14.0. The van der Waals surface area contributed by atoms with Crippen LogP contribution in [0.5, 0.6) is 0 Å². The van der Waals surface area contributed by atoms with Gasteiger partial charge in [-0.3, -0.25) is 0 Å². The first-order valence-electron chi connectivity index (χ1n) is 17.4. The molecular weight excluding hydrogens is 675 g/mol. The maximum Gasteiger partial charge on any atom is 0.0556 e. The van der Waals surface area contributed by atoms with Crippen molar-refractivity contribution in [2.24, 2.45) is 0 Å². The molecule has 8 aromatic carbocycles. The summed E-state index contributed by atoms with van der Waals surface area (Å²) in [6.45, 7) is 0. The SMILES string of the molecule is Clc1cccc2c1c1cc(-c3ccc4c(c3)c3c(Cl)cccc3n4-c3cccc(-c4ccccc4)c3)ccc1n2-c1ccc(-c2ccccc2)cc1. The van der Waals surface area contributed by atoms with Crippen LogP contribution in [0.3, 0.4) is 0 Å². The monoisotopic (exact) mass is 704 g/mol. The van der Waals surface area contributed by atoms with Crippen LogP contribution in [-0.4, -0.2) is 9.13 Å². The molecule has 2 heterocycles. The van der Waals surface area contributed by atoms with Crippen molar-refractivity contribution in [2.45, 2.75) is 0 Å². The Hall–Kier alpha value is -6.06. The number of benzene rings is 8. The fraction of sp³-hybridized carbons (Fsp3) is 0. The van der Waals surface area contributed by atoms with Crippen LogP contribution in [-0.2, 0) is 0 Å². The number of nitrogens with zero attached hydrogens (tertiary/aromatic N) is 2. The standard InChI is InChI=1S/C48H30Cl2N2/c49-41-16-8-18-45-47(41)39-29-35(22-26-43(39)51(45)37-24-20-33(21-25-37)31-10-3-1-4-11-31)36-23-27-44-40(30-36)48-42(50)17-9-19-46(48)52(44)38-15-7-14-34(28-38)32-12-5-2-6-13-32/h1-30H. The van der Waals surface area contributed by atoms with E-state index in [1.54, 1.807) is 0 Å². The lowest BCUT2D eigenvalue weighted by Crippen LogP contribution is -1.94. The Bertz CT molecular complexity index is 2960. The third-order valence-corrected chi connectivity index (χ3v) is 10.9. The van der Waals surface area contributed by atoms with E-state index in [0.29, 0.717) is 0 Å². The summed E-state index contributed by atoms with van der Waals surface area (Å²) in [5.41, 5.74) is 13.5. The molecule has 0 aliphatic heterocycles. The molecule has 2 nitrogen and oxygen atoms in total. The lowest BCUT2D eigenvalue weighted by Gasteiger charge is -2.11. The fourth-order valence-corrected chi connectivity index (χ4v) is 8.40. The first-order valence-corrected chi connectivity index (χ1v) is 18.2. The van der Waals surface area contributed by atoms with E-state index in [9.17, 15) is 0 Å². The van der Waals surface area contributed by atoms with Gasteiger partial charge in [-0.1, -0.05) is 132 Å². The quantitative estimate of drug-likeness (QED) is 0.169. The van der Waals surface area contributed by atoms with Crippen LogP contribution in [0.2, 0.25) is 10.0 Å². The summed E-state index contributed by atoms with van der Waals surface area (Å²) in [6.07, 6.45) is 0. The number of aromatic nitrogens is 2. The average molecular weight is 706 g/mol. The highest BCUT2D eigenvalue weighted by atomic mass is 35.5. The lowest BCUT2D eigenvalue weighted by molar-refractivity contribution is 1.18. The molecular formula is C48H30Cl2N2. The van der Waals surface area contributed by atoms with Crippen molar-refractivity contribution in [3.8, 4) is 44.8 Å². The van der Waals surface area contributed by atoms with E-state index in [4.69, 9.17) is 23.2 Å². The minimum atomic E-state index is 0.737. The Balaban J connectivity index is 1.13.